The van der Waals surface area contributed by atoms with E-state index in [1.807, 2.05) is 0 Å². The van der Waals surface area contributed by atoms with Gasteiger partial charge in [-0.15, -0.1) is 12.4 Å². The number of Topliss-reactive ketones (excluding diaryl/α,β-unsaturated/α-hetero) is 1. The third-order valence-corrected chi connectivity index (χ3v) is 2.97. The van der Waals surface area contributed by atoms with E-state index in [1.165, 1.54) is 7.11 Å². The number of ether oxygens (including phenoxy) is 1. The van der Waals surface area contributed by atoms with Gasteiger partial charge in [-0.05, 0) is 23.8 Å². The lowest BCUT2D eigenvalue weighted by molar-refractivity contribution is -0.144. The summed E-state index contributed by atoms with van der Waals surface area (Å²) in [6, 6.07) is 4.82. The van der Waals surface area contributed by atoms with Gasteiger partial charge in [-0.3, -0.25) is 4.79 Å². The smallest absolute Gasteiger partial charge is 0.334 e. The number of halogens is 2. The van der Waals surface area contributed by atoms with E-state index in [0.29, 0.717) is 16.1 Å². The fourth-order valence-electron chi connectivity index (χ4n) is 1.90. The largest absolute Gasteiger partial charge is 0.467 e. The number of rotatable bonds is 1. The number of hydrogen-bond donors (Lipinski definition) is 1. The van der Waals surface area contributed by atoms with Crippen LogP contribution in [0.2, 0.25) is 5.02 Å². The summed E-state index contributed by atoms with van der Waals surface area (Å²) >= 11 is 5.81. The van der Waals surface area contributed by atoms with Crippen LogP contribution in [0.15, 0.2) is 18.2 Å². The Morgan fingerprint density at radius 1 is 1.53 bits per heavy atom. The highest BCUT2D eigenvalue weighted by atomic mass is 35.5. The maximum Gasteiger partial charge on any atom is 0.334 e. The van der Waals surface area contributed by atoms with Crippen LogP contribution in [0, 0.1) is 0 Å². The lowest BCUT2D eigenvalue weighted by Crippen LogP contribution is -2.54. The van der Waals surface area contributed by atoms with E-state index in [9.17, 15) is 9.59 Å². The predicted molar refractivity (Wildman–Crippen MR) is 65.7 cm³/mol. The molecule has 0 radical (unpaired) electrons. The first-order chi connectivity index (χ1) is 7.49. The fourth-order valence-corrected chi connectivity index (χ4v) is 2.09. The molecular formula is C11H11Cl2NO3. The Labute approximate surface area is 109 Å². The quantitative estimate of drug-likeness (QED) is 0.621. The van der Waals surface area contributed by atoms with Crippen LogP contribution in [0.3, 0.4) is 0 Å². The topological polar surface area (TPSA) is 69.4 Å². The SMILES string of the molecule is COC(=O)C1(N)Cc2cc(Cl)ccc2C1=O.Cl. The van der Waals surface area contributed by atoms with E-state index in [-0.39, 0.29) is 18.8 Å². The van der Waals surface area contributed by atoms with Crippen LogP contribution in [0.1, 0.15) is 15.9 Å². The van der Waals surface area contributed by atoms with Gasteiger partial charge in [0.1, 0.15) is 0 Å². The van der Waals surface area contributed by atoms with Gasteiger partial charge in [-0.2, -0.15) is 0 Å². The monoisotopic (exact) mass is 275 g/mol. The Hall–Kier alpha value is -1.10. The van der Waals surface area contributed by atoms with Gasteiger partial charge in [0, 0.05) is 17.0 Å². The molecule has 0 amide bonds. The Morgan fingerprint density at radius 2 is 2.18 bits per heavy atom. The highest BCUT2D eigenvalue weighted by molar-refractivity contribution is 6.31. The second-order valence-corrected chi connectivity index (χ2v) is 4.21. The summed E-state index contributed by atoms with van der Waals surface area (Å²) in [5.74, 6) is -1.13. The van der Waals surface area contributed by atoms with E-state index in [0.717, 1.165) is 0 Å². The Balaban J connectivity index is 0.00000144. The second kappa shape index (κ2) is 4.64. The molecule has 4 nitrogen and oxygen atoms in total. The normalized spacial score (nSPS) is 21.7. The average Bonchev–Trinajstić information content (AvgIpc) is 2.51. The molecule has 2 rings (SSSR count). The Bertz CT molecular complexity index is 490. The van der Waals surface area contributed by atoms with E-state index >= 15 is 0 Å². The second-order valence-electron chi connectivity index (χ2n) is 3.77. The maximum absolute atomic E-state index is 12.0. The molecule has 6 heteroatoms. The molecule has 92 valence electrons. The molecule has 1 aliphatic rings. The molecule has 0 fully saturated rings. The first-order valence-corrected chi connectivity index (χ1v) is 5.07. The van der Waals surface area contributed by atoms with Crippen molar-refractivity contribution in [1.29, 1.82) is 0 Å². The number of hydrogen-bond acceptors (Lipinski definition) is 4. The van der Waals surface area contributed by atoms with Gasteiger partial charge < -0.3 is 10.5 Å². The number of carbonyl (C=O) groups is 2. The maximum atomic E-state index is 12.0. The Kier molecular flexibility index (Phi) is 3.81. The van der Waals surface area contributed by atoms with Crippen LogP contribution in [0.5, 0.6) is 0 Å². The van der Waals surface area contributed by atoms with Gasteiger partial charge in [-0.25, -0.2) is 4.79 Å². The zero-order valence-electron chi connectivity index (χ0n) is 9.03. The van der Waals surface area contributed by atoms with Gasteiger partial charge >= 0.3 is 5.97 Å². The van der Waals surface area contributed by atoms with Gasteiger partial charge in [0.05, 0.1) is 7.11 Å². The van der Waals surface area contributed by atoms with E-state index < -0.39 is 17.3 Å². The van der Waals surface area contributed by atoms with E-state index in [2.05, 4.69) is 4.74 Å². The van der Waals surface area contributed by atoms with Crippen LogP contribution in [0.25, 0.3) is 0 Å². The van der Waals surface area contributed by atoms with Crippen LogP contribution in [0.4, 0.5) is 0 Å². The van der Waals surface area contributed by atoms with Crippen molar-refractivity contribution in [3.63, 3.8) is 0 Å². The summed E-state index contributed by atoms with van der Waals surface area (Å²) in [6.07, 6.45) is 0.133. The molecule has 0 aromatic heterocycles. The zero-order valence-corrected chi connectivity index (χ0v) is 10.6. The van der Waals surface area contributed by atoms with Gasteiger partial charge in [-0.1, -0.05) is 11.6 Å². The fraction of sp³-hybridized carbons (Fsp3) is 0.273. The summed E-state index contributed by atoms with van der Waals surface area (Å²) in [5, 5.41) is 0.515. The Morgan fingerprint density at radius 3 is 2.76 bits per heavy atom. The minimum absolute atomic E-state index is 0. The first kappa shape index (κ1) is 14.0. The molecule has 1 unspecified atom stereocenters. The first-order valence-electron chi connectivity index (χ1n) is 4.69. The van der Waals surface area contributed by atoms with Crippen LogP contribution >= 0.6 is 24.0 Å². The van der Waals surface area contributed by atoms with Crippen LogP contribution < -0.4 is 5.73 Å². The lowest BCUT2D eigenvalue weighted by Gasteiger charge is -2.17. The molecule has 1 aromatic rings. The van der Waals surface area contributed by atoms with Crippen molar-refractivity contribution in [2.75, 3.05) is 7.11 Å². The number of fused-ring (bicyclic) bond motifs is 1. The molecule has 1 aromatic carbocycles. The van der Waals surface area contributed by atoms with E-state index in [4.69, 9.17) is 17.3 Å². The van der Waals surface area contributed by atoms with Crippen molar-refractivity contribution in [2.45, 2.75) is 12.0 Å². The number of methoxy groups -OCH3 is 1. The number of ketones is 1. The molecule has 1 aliphatic carbocycles. The third kappa shape index (κ3) is 2.04. The molecule has 0 spiro atoms. The third-order valence-electron chi connectivity index (χ3n) is 2.74. The molecule has 1 atom stereocenters. The molecule has 0 saturated heterocycles. The summed E-state index contributed by atoms with van der Waals surface area (Å²) in [6.45, 7) is 0. The van der Waals surface area contributed by atoms with Crippen molar-refractivity contribution in [3.8, 4) is 0 Å². The highest BCUT2D eigenvalue weighted by Gasteiger charge is 2.49. The molecule has 0 aliphatic heterocycles. The predicted octanol–water partition coefficient (Wildman–Crippen LogP) is 1.37. The van der Waals surface area contributed by atoms with Crippen molar-refractivity contribution >= 4 is 35.8 Å². The van der Waals surface area contributed by atoms with Gasteiger partial charge in [0.25, 0.3) is 0 Å². The van der Waals surface area contributed by atoms with Gasteiger partial charge in [0.2, 0.25) is 0 Å². The molecule has 0 bridgehead atoms. The molecular weight excluding hydrogens is 265 g/mol. The van der Waals surface area contributed by atoms with Crippen molar-refractivity contribution in [2.24, 2.45) is 5.73 Å². The summed E-state index contributed by atoms with van der Waals surface area (Å²) in [4.78, 5) is 23.5. The number of benzene rings is 1. The zero-order chi connectivity index (χ0) is 11.9. The number of esters is 1. The molecule has 2 N–H and O–H groups in total. The van der Waals surface area contributed by atoms with E-state index in [1.54, 1.807) is 18.2 Å². The molecule has 17 heavy (non-hydrogen) atoms. The number of nitrogens with two attached hydrogens (primary N) is 1. The summed E-state index contributed by atoms with van der Waals surface area (Å²) in [7, 11) is 1.21. The van der Waals surface area contributed by atoms with Crippen LogP contribution in [-0.4, -0.2) is 24.4 Å². The molecule has 0 saturated carbocycles. The lowest BCUT2D eigenvalue weighted by atomic mass is 9.96. The summed E-state index contributed by atoms with van der Waals surface area (Å²) in [5.41, 5.74) is 5.32. The standard InChI is InChI=1S/C11H10ClNO3.ClH/c1-16-10(15)11(13)5-6-4-7(12)2-3-8(6)9(11)14;/h2-4H,5,13H2,1H3;1H. The minimum Gasteiger partial charge on any atom is -0.467 e. The highest BCUT2D eigenvalue weighted by Crippen LogP contribution is 2.31. The van der Waals surface area contributed by atoms with Gasteiger partial charge in [0.15, 0.2) is 11.3 Å². The number of carbonyl (C=O) groups excluding carboxylic acids is 2. The van der Waals surface area contributed by atoms with Crippen molar-refractivity contribution < 1.29 is 14.3 Å². The molecule has 0 heterocycles. The summed E-state index contributed by atoms with van der Waals surface area (Å²) < 4.78 is 4.55. The van der Waals surface area contributed by atoms with Crippen molar-refractivity contribution in [1.82, 2.24) is 0 Å². The minimum atomic E-state index is -1.60. The van der Waals surface area contributed by atoms with Crippen molar-refractivity contribution in [3.05, 3.63) is 34.3 Å². The average molecular weight is 276 g/mol. The van der Waals surface area contributed by atoms with Crippen LogP contribution in [-0.2, 0) is 16.0 Å².